The van der Waals surface area contributed by atoms with Crippen LogP contribution in [0.3, 0.4) is 0 Å². The first kappa shape index (κ1) is 12.7. The molecule has 1 aromatic heterocycles. The highest BCUT2D eigenvalue weighted by Gasteiger charge is 2.07. The van der Waals surface area contributed by atoms with Crippen molar-refractivity contribution < 1.29 is 0 Å². The van der Waals surface area contributed by atoms with Crippen molar-refractivity contribution in [3.63, 3.8) is 0 Å². The Labute approximate surface area is 129 Å². The molecule has 0 radical (unpaired) electrons. The van der Waals surface area contributed by atoms with E-state index in [4.69, 9.17) is 0 Å². The minimum Gasteiger partial charge on any atom is -0.344 e. The number of hydrogen-bond acceptors (Lipinski definition) is 0. The highest BCUT2D eigenvalue weighted by atomic mass is 14.9. The van der Waals surface area contributed by atoms with E-state index in [1.807, 2.05) is 30.3 Å². The minimum absolute atomic E-state index is 1.04. The van der Waals surface area contributed by atoms with Gasteiger partial charge in [0.15, 0.2) is 0 Å². The van der Waals surface area contributed by atoms with E-state index >= 15 is 0 Å². The molecule has 0 N–H and O–H groups in total. The first-order valence-electron chi connectivity index (χ1n) is 7.37. The number of aryl methyl sites for hydroxylation is 1. The van der Waals surface area contributed by atoms with Gasteiger partial charge in [0.25, 0.3) is 0 Å². The summed E-state index contributed by atoms with van der Waals surface area (Å²) in [6.45, 7) is 0. The minimum atomic E-state index is 1.04. The molecule has 0 saturated carbocycles. The molecule has 104 valence electrons. The second-order valence-electron chi connectivity index (χ2n) is 5.42. The maximum absolute atomic E-state index is 3.27. The summed E-state index contributed by atoms with van der Waals surface area (Å²) in [4.78, 5) is 0. The molecule has 0 unspecified atom stereocenters. The second kappa shape index (κ2) is 5.09. The standard InChI is InChI=1S/C21H15N/c1-22-20-10-6-5-9-18(20)19-15-17(13-14-21(19)22)12-11-16-7-3-2-4-8-16/h2-10,13-15H,1H3. The molecular formula is C21H15N. The maximum Gasteiger partial charge on any atom is 0.0489 e. The topological polar surface area (TPSA) is 4.93 Å². The number of para-hydroxylation sites is 1. The summed E-state index contributed by atoms with van der Waals surface area (Å²) in [5, 5.41) is 2.54. The zero-order chi connectivity index (χ0) is 14.9. The van der Waals surface area contributed by atoms with Gasteiger partial charge in [-0.3, -0.25) is 0 Å². The molecule has 0 bridgehead atoms. The third-order valence-electron chi connectivity index (χ3n) is 4.04. The molecule has 22 heavy (non-hydrogen) atoms. The van der Waals surface area contributed by atoms with Crippen LogP contribution in [0, 0.1) is 11.8 Å². The molecule has 1 nitrogen and oxygen atoms in total. The van der Waals surface area contributed by atoms with Gasteiger partial charge in [-0.25, -0.2) is 0 Å². The molecule has 0 fully saturated rings. The summed E-state index contributed by atoms with van der Waals surface area (Å²) in [5.41, 5.74) is 4.59. The fourth-order valence-electron chi connectivity index (χ4n) is 2.91. The molecule has 0 amide bonds. The maximum atomic E-state index is 3.27. The third kappa shape index (κ3) is 2.06. The Morgan fingerprint density at radius 1 is 0.636 bits per heavy atom. The van der Waals surface area contributed by atoms with Crippen molar-refractivity contribution in [3.05, 3.63) is 83.9 Å². The third-order valence-corrected chi connectivity index (χ3v) is 4.04. The average Bonchev–Trinajstić information content (AvgIpc) is 2.87. The van der Waals surface area contributed by atoms with Gasteiger partial charge in [0.2, 0.25) is 0 Å². The molecule has 1 heterocycles. The van der Waals surface area contributed by atoms with E-state index in [1.165, 1.54) is 21.8 Å². The molecule has 0 aliphatic carbocycles. The fraction of sp³-hybridized carbons (Fsp3) is 0.0476. The van der Waals surface area contributed by atoms with Gasteiger partial charge in [0.05, 0.1) is 0 Å². The predicted molar refractivity (Wildman–Crippen MR) is 92.8 cm³/mol. The molecule has 0 spiro atoms. The number of rotatable bonds is 0. The van der Waals surface area contributed by atoms with E-state index in [1.54, 1.807) is 0 Å². The van der Waals surface area contributed by atoms with Gasteiger partial charge in [0, 0.05) is 40.0 Å². The van der Waals surface area contributed by atoms with Crippen molar-refractivity contribution in [1.82, 2.24) is 4.57 Å². The highest BCUT2D eigenvalue weighted by Crippen LogP contribution is 2.28. The van der Waals surface area contributed by atoms with Crippen LogP contribution in [-0.4, -0.2) is 4.57 Å². The van der Waals surface area contributed by atoms with Gasteiger partial charge in [0.1, 0.15) is 0 Å². The Morgan fingerprint density at radius 2 is 1.32 bits per heavy atom. The lowest BCUT2D eigenvalue weighted by Crippen LogP contribution is -1.85. The Morgan fingerprint density at radius 3 is 2.18 bits per heavy atom. The fourth-order valence-corrected chi connectivity index (χ4v) is 2.91. The van der Waals surface area contributed by atoms with Gasteiger partial charge in [-0.1, -0.05) is 48.2 Å². The number of fused-ring (bicyclic) bond motifs is 3. The molecule has 4 aromatic rings. The Bertz CT molecular complexity index is 1030. The van der Waals surface area contributed by atoms with Crippen molar-refractivity contribution in [2.24, 2.45) is 7.05 Å². The molecule has 0 saturated heterocycles. The number of nitrogens with zero attached hydrogens (tertiary/aromatic N) is 1. The van der Waals surface area contributed by atoms with Crippen LogP contribution < -0.4 is 0 Å². The molecule has 0 aliphatic heterocycles. The zero-order valence-corrected chi connectivity index (χ0v) is 12.4. The van der Waals surface area contributed by atoms with Crippen LogP contribution in [0.25, 0.3) is 21.8 Å². The smallest absolute Gasteiger partial charge is 0.0489 e. The van der Waals surface area contributed by atoms with Gasteiger partial charge in [-0.15, -0.1) is 0 Å². The largest absolute Gasteiger partial charge is 0.344 e. The number of aromatic nitrogens is 1. The first-order valence-corrected chi connectivity index (χ1v) is 7.37. The van der Waals surface area contributed by atoms with Crippen molar-refractivity contribution in [1.29, 1.82) is 0 Å². The molecule has 0 atom stereocenters. The monoisotopic (exact) mass is 281 g/mol. The summed E-state index contributed by atoms with van der Waals surface area (Å²) >= 11 is 0. The van der Waals surface area contributed by atoms with Crippen molar-refractivity contribution >= 4 is 21.8 Å². The van der Waals surface area contributed by atoms with Gasteiger partial charge in [-0.2, -0.15) is 0 Å². The Balaban J connectivity index is 1.88. The Kier molecular flexibility index (Phi) is 2.95. The van der Waals surface area contributed by atoms with E-state index in [0.29, 0.717) is 0 Å². The summed E-state index contributed by atoms with van der Waals surface area (Å²) in [7, 11) is 2.11. The van der Waals surface area contributed by atoms with E-state index in [0.717, 1.165) is 11.1 Å². The lowest BCUT2D eigenvalue weighted by molar-refractivity contribution is 1.01. The number of benzene rings is 3. The predicted octanol–water partition coefficient (Wildman–Crippen LogP) is 4.73. The van der Waals surface area contributed by atoms with E-state index in [-0.39, 0.29) is 0 Å². The Hall–Kier alpha value is -2.98. The average molecular weight is 281 g/mol. The van der Waals surface area contributed by atoms with Crippen molar-refractivity contribution in [3.8, 4) is 11.8 Å². The van der Waals surface area contributed by atoms with Crippen LogP contribution in [0.15, 0.2) is 72.8 Å². The number of hydrogen-bond donors (Lipinski definition) is 0. The van der Waals surface area contributed by atoms with Crippen LogP contribution in [0.2, 0.25) is 0 Å². The van der Waals surface area contributed by atoms with E-state index in [2.05, 4.69) is 65.9 Å². The normalized spacial score (nSPS) is 10.6. The van der Waals surface area contributed by atoms with Crippen LogP contribution in [0.4, 0.5) is 0 Å². The lowest BCUT2D eigenvalue weighted by Gasteiger charge is -1.97. The molecule has 3 aromatic carbocycles. The quantitative estimate of drug-likeness (QED) is 0.411. The molecule has 0 aliphatic rings. The second-order valence-corrected chi connectivity index (χ2v) is 5.42. The highest BCUT2D eigenvalue weighted by molar-refractivity contribution is 6.08. The SMILES string of the molecule is Cn1c2ccccc2c2cc(C#Cc3ccccc3)ccc21. The summed E-state index contributed by atoms with van der Waals surface area (Å²) in [6.07, 6.45) is 0. The zero-order valence-electron chi connectivity index (χ0n) is 12.4. The lowest BCUT2D eigenvalue weighted by atomic mass is 10.1. The van der Waals surface area contributed by atoms with Crippen molar-refractivity contribution in [2.75, 3.05) is 0 Å². The summed E-state index contributed by atoms with van der Waals surface area (Å²) in [6, 6.07) is 25.0. The molecular weight excluding hydrogens is 266 g/mol. The van der Waals surface area contributed by atoms with Crippen molar-refractivity contribution in [2.45, 2.75) is 0 Å². The van der Waals surface area contributed by atoms with Gasteiger partial charge < -0.3 is 4.57 Å². The first-order chi connectivity index (χ1) is 10.8. The molecule has 4 rings (SSSR count). The van der Waals surface area contributed by atoms with Gasteiger partial charge in [-0.05, 0) is 36.4 Å². The summed E-state index contributed by atoms with van der Waals surface area (Å²) in [5.74, 6) is 6.49. The molecule has 1 heteroatoms. The van der Waals surface area contributed by atoms with Crippen LogP contribution in [-0.2, 0) is 7.05 Å². The van der Waals surface area contributed by atoms with E-state index in [9.17, 15) is 0 Å². The van der Waals surface area contributed by atoms with Crippen LogP contribution in [0.5, 0.6) is 0 Å². The van der Waals surface area contributed by atoms with Crippen LogP contribution >= 0.6 is 0 Å². The van der Waals surface area contributed by atoms with E-state index < -0.39 is 0 Å². The summed E-state index contributed by atoms with van der Waals surface area (Å²) < 4.78 is 2.24. The van der Waals surface area contributed by atoms with Gasteiger partial charge >= 0.3 is 0 Å². The van der Waals surface area contributed by atoms with Crippen LogP contribution in [0.1, 0.15) is 11.1 Å².